The summed E-state index contributed by atoms with van der Waals surface area (Å²) < 4.78 is 10.6. The molecule has 2 saturated heterocycles. The number of fused-ring (bicyclic) bond motifs is 1. The predicted octanol–water partition coefficient (Wildman–Crippen LogP) is 2.25. The van der Waals surface area contributed by atoms with Gasteiger partial charge in [0.1, 0.15) is 11.9 Å². The van der Waals surface area contributed by atoms with E-state index >= 15 is 0 Å². The molecule has 0 unspecified atom stereocenters. The SMILES string of the molecule is COc1ccc(CCCN2C(=O)O[C@@H]3CN(C(=O)NC(C)C)C[C@@H]32)cc1. The van der Waals surface area contributed by atoms with Gasteiger partial charge < -0.3 is 19.7 Å². The summed E-state index contributed by atoms with van der Waals surface area (Å²) in [6, 6.07) is 7.91. The summed E-state index contributed by atoms with van der Waals surface area (Å²) in [5.74, 6) is 0.838. The quantitative estimate of drug-likeness (QED) is 0.844. The van der Waals surface area contributed by atoms with Crippen molar-refractivity contribution in [3.05, 3.63) is 29.8 Å². The standard InChI is InChI=1S/C19H27N3O4/c1-13(2)20-18(23)21-11-16-17(12-21)26-19(24)22(16)10-4-5-14-6-8-15(25-3)9-7-14/h6-9,13,16-17H,4-5,10-12H2,1-3H3,(H,20,23)/t16-,17+/m0/s1. The fraction of sp³-hybridized carbons (Fsp3) is 0.579. The molecule has 3 amide bonds. The minimum absolute atomic E-state index is 0.0451. The number of benzene rings is 1. The number of carbonyl (C=O) groups excluding carboxylic acids is 2. The van der Waals surface area contributed by atoms with Crippen molar-refractivity contribution >= 4 is 12.1 Å². The molecule has 0 aromatic heterocycles. The number of ether oxygens (including phenoxy) is 2. The molecule has 0 bridgehead atoms. The van der Waals surface area contributed by atoms with E-state index in [2.05, 4.69) is 5.32 Å². The molecule has 3 rings (SSSR count). The van der Waals surface area contributed by atoms with Crippen LogP contribution in [-0.2, 0) is 11.2 Å². The number of likely N-dealkylation sites (tertiary alicyclic amines) is 1. The van der Waals surface area contributed by atoms with Gasteiger partial charge in [-0.05, 0) is 44.4 Å². The largest absolute Gasteiger partial charge is 0.497 e. The molecule has 2 heterocycles. The minimum atomic E-state index is -0.265. The van der Waals surface area contributed by atoms with Crippen LogP contribution in [-0.4, -0.2) is 66.9 Å². The second kappa shape index (κ2) is 7.85. The maximum absolute atomic E-state index is 12.2. The van der Waals surface area contributed by atoms with Gasteiger partial charge >= 0.3 is 12.1 Å². The average molecular weight is 361 g/mol. The van der Waals surface area contributed by atoms with Gasteiger partial charge in [-0.3, -0.25) is 4.90 Å². The van der Waals surface area contributed by atoms with Gasteiger partial charge in [0.15, 0.2) is 0 Å². The van der Waals surface area contributed by atoms with Crippen LogP contribution < -0.4 is 10.1 Å². The van der Waals surface area contributed by atoms with Gasteiger partial charge in [0.25, 0.3) is 0 Å². The molecule has 1 aromatic carbocycles. The second-order valence-corrected chi connectivity index (χ2v) is 7.14. The number of hydrogen-bond donors (Lipinski definition) is 1. The third-order valence-corrected chi connectivity index (χ3v) is 4.85. The van der Waals surface area contributed by atoms with Gasteiger partial charge in [0.2, 0.25) is 0 Å². The molecule has 1 aromatic rings. The van der Waals surface area contributed by atoms with E-state index in [0.29, 0.717) is 19.6 Å². The van der Waals surface area contributed by atoms with Crippen molar-refractivity contribution in [1.29, 1.82) is 0 Å². The number of amides is 3. The van der Waals surface area contributed by atoms with E-state index in [-0.39, 0.29) is 30.3 Å². The number of rotatable bonds is 6. The first-order chi connectivity index (χ1) is 12.5. The van der Waals surface area contributed by atoms with Crippen LogP contribution in [0.3, 0.4) is 0 Å². The van der Waals surface area contributed by atoms with Crippen molar-refractivity contribution in [2.24, 2.45) is 0 Å². The highest BCUT2D eigenvalue weighted by molar-refractivity contribution is 5.76. The summed E-state index contributed by atoms with van der Waals surface area (Å²) >= 11 is 0. The monoisotopic (exact) mass is 361 g/mol. The summed E-state index contributed by atoms with van der Waals surface area (Å²) in [5, 5.41) is 2.89. The number of carbonyl (C=O) groups is 2. The van der Waals surface area contributed by atoms with Crippen molar-refractivity contribution in [2.45, 2.75) is 44.9 Å². The number of nitrogens with one attached hydrogen (secondary N) is 1. The molecule has 26 heavy (non-hydrogen) atoms. The molecular formula is C19H27N3O4. The highest BCUT2D eigenvalue weighted by Crippen LogP contribution is 2.27. The topological polar surface area (TPSA) is 71.1 Å². The molecule has 2 fully saturated rings. The lowest BCUT2D eigenvalue weighted by molar-refractivity contribution is 0.122. The van der Waals surface area contributed by atoms with Crippen LogP contribution in [0.25, 0.3) is 0 Å². The van der Waals surface area contributed by atoms with Crippen molar-refractivity contribution in [3.8, 4) is 5.75 Å². The molecule has 1 N–H and O–H groups in total. The molecule has 2 aliphatic heterocycles. The first kappa shape index (κ1) is 18.4. The molecular weight excluding hydrogens is 334 g/mol. The van der Waals surface area contributed by atoms with Crippen molar-refractivity contribution in [1.82, 2.24) is 15.1 Å². The summed E-state index contributed by atoms with van der Waals surface area (Å²) in [6.45, 7) is 5.48. The van der Waals surface area contributed by atoms with Crippen molar-refractivity contribution in [3.63, 3.8) is 0 Å². The first-order valence-corrected chi connectivity index (χ1v) is 9.13. The Bertz CT molecular complexity index is 647. The third-order valence-electron chi connectivity index (χ3n) is 4.85. The minimum Gasteiger partial charge on any atom is -0.497 e. The Balaban J connectivity index is 1.51. The lowest BCUT2D eigenvalue weighted by atomic mass is 10.1. The summed E-state index contributed by atoms with van der Waals surface area (Å²) in [4.78, 5) is 27.8. The number of methoxy groups -OCH3 is 1. The predicted molar refractivity (Wildman–Crippen MR) is 97.3 cm³/mol. The fourth-order valence-electron chi connectivity index (χ4n) is 3.51. The Morgan fingerprint density at radius 3 is 2.69 bits per heavy atom. The zero-order valence-electron chi connectivity index (χ0n) is 15.6. The van der Waals surface area contributed by atoms with Crippen molar-refractivity contribution in [2.75, 3.05) is 26.7 Å². The van der Waals surface area contributed by atoms with Crippen LogP contribution in [0.2, 0.25) is 0 Å². The van der Waals surface area contributed by atoms with Crippen LogP contribution in [0.4, 0.5) is 9.59 Å². The number of nitrogens with zero attached hydrogens (tertiary/aromatic N) is 2. The molecule has 0 spiro atoms. The Kier molecular flexibility index (Phi) is 5.54. The first-order valence-electron chi connectivity index (χ1n) is 9.13. The highest BCUT2D eigenvalue weighted by atomic mass is 16.6. The van der Waals surface area contributed by atoms with Gasteiger partial charge in [-0.25, -0.2) is 9.59 Å². The van der Waals surface area contributed by atoms with Gasteiger partial charge in [0.05, 0.1) is 19.7 Å². The van der Waals surface area contributed by atoms with E-state index in [0.717, 1.165) is 18.6 Å². The zero-order chi connectivity index (χ0) is 18.7. The van der Waals surface area contributed by atoms with Gasteiger partial charge in [0, 0.05) is 19.1 Å². The van der Waals surface area contributed by atoms with E-state index in [1.54, 1.807) is 16.9 Å². The lowest BCUT2D eigenvalue weighted by Crippen LogP contribution is -2.44. The molecule has 7 nitrogen and oxygen atoms in total. The molecule has 0 radical (unpaired) electrons. The maximum atomic E-state index is 12.2. The van der Waals surface area contributed by atoms with E-state index in [9.17, 15) is 9.59 Å². The number of hydrogen-bond acceptors (Lipinski definition) is 4. The Labute approximate surface area is 154 Å². The molecule has 2 aliphatic rings. The Hall–Kier alpha value is -2.44. The van der Waals surface area contributed by atoms with Crippen LogP contribution in [0.1, 0.15) is 25.8 Å². The second-order valence-electron chi connectivity index (χ2n) is 7.14. The molecule has 2 atom stereocenters. The molecule has 7 heteroatoms. The van der Waals surface area contributed by atoms with E-state index in [1.165, 1.54) is 5.56 Å². The lowest BCUT2D eigenvalue weighted by Gasteiger charge is -2.23. The Morgan fingerprint density at radius 2 is 2.04 bits per heavy atom. The van der Waals surface area contributed by atoms with Crippen LogP contribution in [0.15, 0.2) is 24.3 Å². The van der Waals surface area contributed by atoms with Crippen LogP contribution in [0, 0.1) is 0 Å². The summed E-state index contributed by atoms with van der Waals surface area (Å²) in [6.07, 6.45) is 1.24. The fourth-order valence-corrected chi connectivity index (χ4v) is 3.51. The normalized spacial score (nSPS) is 21.8. The Morgan fingerprint density at radius 1 is 1.31 bits per heavy atom. The number of aryl methyl sites for hydroxylation is 1. The molecule has 0 saturated carbocycles. The van der Waals surface area contributed by atoms with Crippen LogP contribution in [0.5, 0.6) is 5.75 Å². The van der Waals surface area contributed by atoms with E-state index in [1.807, 2.05) is 38.1 Å². The van der Waals surface area contributed by atoms with Crippen molar-refractivity contribution < 1.29 is 19.1 Å². The average Bonchev–Trinajstić information content (AvgIpc) is 3.13. The summed E-state index contributed by atoms with van der Waals surface area (Å²) in [7, 11) is 1.65. The molecule has 0 aliphatic carbocycles. The van der Waals surface area contributed by atoms with E-state index in [4.69, 9.17) is 9.47 Å². The smallest absolute Gasteiger partial charge is 0.410 e. The zero-order valence-corrected chi connectivity index (χ0v) is 15.6. The highest BCUT2D eigenvalue weighted by Gasteiger charge is 2.48. The van der Waals surface area contributed by atoms with Gasteiger partial charge in [-0.2, -0.15) is 0 Å². The maximum Gasteiger partial charge on any atom is 0.410 e. The van der Waals surface area contributed by atoms with Crippen LogP contribution >= 0.6 is 0 Å². The summed E-state index contributed by atoms with van der Waals surface area (Å²) in [5.41, 5.74) is 1.21. The van der Waals surface area contributed by atoms with E-state index < -0.39 is 0 Å². The number of urea groups is 1. The van der Waals surface area contributed by atoms with Gasteiger partial charge in [-0.15, -0.1) is 0 Å². The van der Waals surface area contributed by atoms with Gasteiger partial charge in [-0.1, -0.05) is 12.1 Å². The molecule has 142 valence electrons. The third kappa shape index (κ3) is 4.03.